The summed E-state index contributed by atoms with van der Waals surface area (Å²) in [5, 5.41) is 2.45. The number of nitrogens with zero attached hydrogens (tertiary/aromatic N) is 4. The zero-order chi connectivity index (χ0) is 29.5. The molecule has 0 saturated heterocycles. The van der Waals surface area contributed by atoms with Gasteiger partial charge in [-0.2, -0.15) is 0 Å². The molecule has 0 aliphatic carbocycles. The van der Waals surface area contributed by atoms with Gasteiger partial charge in [-0.05, 0) is 65.7 Å². The molecule has 0 bridgehead atoms. The molecule has 0 unspecified atom stereocenters. The third-order valence-corrected chi connectivity index (χ3v) is 8.46. The van der Waals surface area contributed by atoms with E-state index in [2.05, 4.69) is 111 Å². The number of halogens is 1. The summed E-state index contributed by atoms with van der Waals surface area (Å²) in [5.41, 5.74) is 8.65. The first-order valence-electron chi connectivity index (χ1n) is 14.5. The number of aromatic nitrogens is 4. The van der Waals surface area contributed by atoms with E-state index < -0.39 is 0 Å². The minimum Gasteiger partial charge on any atom is -0.309 e. The van der Waals surface area contributed by atoms with Crippen LogP contribution in [0.15, 0.2) is 156 Å². The van der Waals surface area contributed by atoms with Gasteiger partial charge in [0.2, 0.25) is 0 Å². The van der Waals surface area contributed by atoms with E-state index in [1.165, 1.54) is 27.4 Å². The summed E-state index contributed by atoms with van der Waals surface area (Å²) in [6, 6.07) is 52.4. The number of rotatable bonds is 5. The van der Waals surface area contributed by atoms with E-state index >= 15 is 0 Å². The Hall–Kier alpha value is -5.39. The van der Waals surface area contributed by atoms with Crippen molar-refractivity contribution in [1.82, 2.24) is 19.5 Å². The fourth-order valence-corrected chi connectivity index (χ4v) is 6.03. The van der Waals surface area contributed by atoms with E-state index in [-0.39, 0.29) is 0 Å². The normalized spacial score (nSPS) is 11.3. The quantitative estimate of drug-likeness (QED) is 0.190. The number of hydrogen-bond donors (Lipinski definition) is 0. The standard InChI is InChI=1S/C39H25BrN4/c40-31-20-15-26(16-21-31)30-19-24-36-34(25-30)33-13-7-8-14-35(33)44(36)32-22-17-29(18-23-32)39-42-37(27-9-3-1-4-10-27)41-38(43-39)28-11-5-2-6-12-28/h1-25H. The molecule has 0 N–H and O–H groups in total. The van der Waals surface area contributed by atoms with Gasteiger partial charge in [0.1, 0.15) is 0 Å². The van der Waals surface area contributed by atoms with E-state index in [0.717, 1.165) is 32.4 Å². The van der Waals surface area contributed by atoms with Crippen molar-refractivity contribution in [2.24, 2.45) is 0 Å². The van der Waals surface area contributed by atoms with Crippen molar-refractivity contribution in [1.29, 1.82) is 0 Å². The predicted molar refractivity (Wildman–Crippen MR) is 184 cm³/mol. The molecule has 44 heavy (non-hydrogen) atoms. The summed E-state index contributed by atoms with van der Waals surface area (Å²) < 4.78 is 3.41. The van der Waals surface area contributed by atoms with Gasteiger partial charge in [-0.1, -0.05) is 113 Å². The number of para-hydroxylation sites is 1. The maximum absolute atomic E-state index is 4.90. The monoisotopic (exact) mass is 628 g/mol. The number of benzene rings is 6. The van der Waals surface area contributed by atoms with Gasteiger partial charge in [-0.25, -0.2) is 15.0 Å². The molecular weight excluding hydrogens is 604 g/mol. The van der Waals surface area contributed by atoms with Crippen LogP contribution >= 0.6 is 15.9 Å². The fourth-order valence-electron chi connectivity index (χ4n) is 5.77. The Labute approximate surface area is 263 Å². The third kappa shape index (κ3) is 4.77. The molecule has 5 heteroatoms. The molecule has 0 aliphatic heterocycles. The Balaban J connectivity index is 1.24. The highest BCUT2D eigenvalue weighted by atomic mass is 79.9. The van der Waals surface area contributed by atoms with Gasteiger partial charge < -0.3 is 4.57 Å². The van der Waals surface area contributed by atoms with Crippen LogP contribution in [0.5, 0.6) is 0 Å². The van der Waals surface area contributed by atoms with Gasteiger partial charge in [0.25, 0.3) is 0 Å². The highest BCUT2D eigenvalue weighted by molar-refractivity contribution is 9.10. The number of fused-ring (bicyclic) bond motifs is 3. The topological polar surface area (TPSA) is 43.6 Å². The second-order valence-corrected chi connectivity index (χ2v) is 11.6. The van der Waals surface area contributed by atoms with E-state index in [1.807, 2.05) is 60.7 Å². The van der Waals surface area contributed by atoms with Gasteiger partial charge in [0.05, 0.1) is 11.0 Å². The van der Waals surface area contributed by atoms with Crippen LogP contribution in [0.25, 0.3) is 72.8 Å². The van der Waals surface area contributed by atoms with Crippen molar-refractivity contribution in [3.05, 3.63) is 156 Å². The highest BCUT2D eigenvalue weighted by Crippen LogP contribution is 2.35. The zero-order valence-electron chi connectivity index (χ0n) is 23.6. The molecule has 6 aromatic carbocycles. The highest BCUT2D eigenvalue weighted by Gasteiger charge is 2.15. The van der Waals surface area contributed by atoms with Gasteiger partial charge in [0.15, 0.2) is 17.5 Å². The molecule has 8 rings (SSSR count). The average Bonchev–Trinajstić information content (AvgIpc) is 3.43. The molecule has 208 valence electrons. The van der Waals surface area contributed by atoms with Crippen LogP contribution in [-0.2, 0) is 0 Å². The first-order chi connectivity index (χ1) is 21.7. The molecule has 2 aromatic heterocycles. The first-order valence-corrected chi connectivity index (χ1v) is 15.3. The van der Waals surface area contributed by atoms with E-state index in [0.29, 0.717) is 17.5 Å². The lowest BCUT2D eigenvalue weighted by molar-refractivity contribution is 1.07. The SMILES string of the molecule is Brc1ccc(-c2ccc3c(c2)c2ccccc2n3-c2ccc(-c3nc(-c4ccccc4)nc(-c4ccccc4)n3)cc2)cc1. The van der Waals surface area contributed by atoms with Crippen molar-refractivity contribution >= 4 is 37.7 Å². The summed E-state index contributed by atoms with van der Waals surface area (Å²) in [7, 11) is 0. The Morgan fingerprint density at radius 2 is 0.864 bits per heavy atom. The molecule has 0 saturated carbocycles. The smallest absolute Gasteiger partial charge is 0.164 e. The molecule has 0 spiro atoms. The van der Waals surface area contributed by atoms with Crippen molar-refractivity contribution in [2.45, 2.75) is 0 Å². The van der Waals surface area contributed by atoms with Crippen molar-refractivity contribution in [3.8, 4) is 51.0 Å². The summed E-state index contributed by atoms with van der Waals surface area (Å²) in [6.07, 6.45) is 0. The molecule has 0 fully saturated rings. The van der Waals surface area contributed by atoms with Crippen molar-refractivity contribution in [3.63, 3.8) is 0 Å². The molecule has 4 nitrogen and oxygen atoms in total. The molecule has 0 amide bonds. The lowest BCUT2D eigenvalue weighted by atomic mass is 10.0. The maximum Gasteiger partial charge on any atom is 0.164 e. The third-order valence-electron chi connectivity index (χ3n) is 7.93. The van der Waals surface area contributed by atoms with Gasteiger partial charge in [0, 0.05) is 37.6 Å². The molecule has 0 radical (unpaired) electrons. The molecule has 2 heterocycles. The summed E-state index contributed by atoms with van der Waals surface area (Å²) >= 11 is 3.55. The van der Waals surface area contributed by atoms with E-state index in [4.69, 9.17) is 15.0 Å². The Morgan fingerprint density at radius 1 is 0.386 bits per heavy atom. The first kappa shape index (κ1) is 26.3. The van der Waals surface area contributed by atoms with Crippen LogP contribution in [0.2, 0.25) is 0 Å². The second kappa shape index (κ2) is 11.0. The van der Waals surface area contributed by atoms with Crippen molar-refractivity contribution in [2.75, 3.05) is 0 Å². The Morgan fingerprint density at radius 3 is 1.48 bits per heavy atom. The Bertz CT molecular complexity index is 2200. The van der Waals surface area contributed by atoms with E-state index in [9.17, 15) is 0 Å². The fraction of sp³-hybridized carbons (Fsp3) is 0. The minimum atomic E-state index is 0.644. The maximum atomic E-state index is 4.90. The largest absolute Gasteiger partial charge is 0.309 e. The molecule has 0 atom stereocenters. The molecule has 8 aromatic rings. The lowest BCUT2D eigenvalue weighted by Gasteiger charge is -2.11. The zero-order valence-corrected chi connectivity index (χ0v) is 25.2. The summed E-state index contributed by atoms with van der Waals surface area (Å²) in [5.74, 6) is 1.95. The van der Waals surface area contributed by atoms with Gasteiger partial charge in [-0.15, -0.1) is 0 Å². The van der Waals surface area contributed by atoms with Gasteiger partial charge in [-0.3, -0.25) is 0 Å². The minimum absolute atomic E-state index is 0.644. The molecule has 0 aliphatic rings. The van der Waals surface area contributed by atoms with Crippen LogP contribution in [0.1, 0.15) is 0 Å². The van der Waals surface area contributed by atoms with Crippen LogP contribution in [0.4, 0.5) is 0 Å². The van der Waals surface area contributed by atoms with Crippen LogP contribution < -0.4 is 0 Å². The van der Waals surface area contributed by atoms with Crippen molar-refractivity contribution < 1.29 is 0 Å². The van der Waals surface area contributed by atoms with Crippen LogP contribution in [0, 0.1) is 0 Å². The van der Waals surface area contributed by atoms with Crippen LogP contribution in [0.3, 0.4) is 0 Å². The molecular formula is C39H25BrN4. The predicted octanol–water partition coefficient (Wildman–Crippen LogP) is 10.4. The average molecular weight is 630 g/mol. The van der Waals surface area contributed by atoms with Crippen LogP contribution in [-0.4, -0.2) is 19.5 Å². The Kier molecular flexibility index (Phi) is 6.58. The lowest BCUT2D eigenvalue weighted by Crippen LogP contribution is -2.00. The summed E-state index contributed by atoms with van der Waals surface area (Å²) in [6.45, 7) is 0. The summed E-state index contributed by atoms with van der Waals surface area (Å²) in [4.78, 5) is 14.6. The van der Waals surface area contributed by atoms with E-state index in [1.54, 1.807) is 0 Å². The van der Waals surface area contributed by atoms with Gasteiger partial charge >= 0.3 is 0 Å². The second-order valence-electron chi connectivity index (χ2n) is 10.7. The number of hydrogen-bond acceptors (Lipinski definition) is 3.